The smallest absolute Gasteiger partial charge is 0.459 e. The number of fused-ring (bicyclic) bond motifs is 1. The predicted octanol–water partition coefficient (Wildman–Crippen LogP) is 5.84. The van der Waals surface area contributed by atoms with E-state index in [2.05, 4.69) is 6.58 Å². The summed E-state index contributed by atoms with van der Waals surface area (Å²) in [5.41, 5.74) is -2.42. The fourth-order valence-electron chi connectivity index (χ4n) is 8.70. The molecule has 3 aliphatic heterocycles. The van der Waals surface area contributed by atoms with Crippen molar-refractivity contribution in [3.8, 4) is 0 Å². The van der Waals surface area contributed by atoms with Crippen molar-refractivity contribution in [2.45, 2.75) is 141 Å². The Bertz CT molecular complexity index is 1570. The molecule has 57 heavy (non-hydrogen) atoms. The zero-order valence-electron chi connectivity index (χ0n) is 35.1. The Morgan fingerprint density at radius 1 is 1.07 bits per heavy atom. The van der Waals surface area contributed by atoms with Crippen molar-refractivity contribution in [3.05, 3.63) is 47.5 Å². The van der Waals surface area contributed by atoms with Gasteiger partial charge in [-0.1, -0.05) is 57.5 Å². The van der Waals surface area contributed by atoms with Crippen LogP contribution in [0.2, 0.25) is 5.02 Å². The zero-order valence-corrected chi connectivity index (χ0v) is 35.9. The number of likely N-dealkylation sites (N-methyl/N-ethyl adjacent to an activating group) is 1. The van der Waals surface area contributed by atoms with Gasteiger partial charge in [0.2, 0.25) is 0 Å². The average Bonchev–Trinajstić information content (AvgIpc) is 3.48. The highest BCUT2D eigenvalue weighted by Crippen LogP contribution is 2.43. The van der Waals surface area contributed by atoms with Crippen LogP contribution in [0.5, 0.6) is 0 Å². The number of hydrogen-bond donors (Lipinski definition) is 1. The Morgan fingerprint density at radius 2 is 1.72 bits per heavy atom. The SMILES string of the molecule is C=CCOC(C(=O)O[C@@H]1[C@H](C)[C@@H](O[C@@H]2O[C@H](C)C[C@H](N(C)C)[C@H]2O)[C@@](C)(OC)C[C@@H](C)C(=O)[C@H](C)[C@H]2OC(=O)O[C@]2(C)[C@@H](CC)OC(=O)[C@@H]1C)c1ccc(Cl)cc1. The van der Waals surface area contributed by atoms with E-state index in [1.54, 1.807) is 72.7 Å². The van der Waals surface area contributed by atoms with Gasteiger partial charge < -0.3 is 47.9 Å². The number of carbonyl (C=O) groups is 4. The van der Waals surface area contributed by atoms with E-state index in [-0.39, 0.29) is 37.4 Å². The second-order valence-electron chi connectivity index (χ2n) is 16.5. The van der Waals surface area contributed by atoms with E-state index in [4.69, 9.17) is 49.5 Å². The number of hydrogen-bond acceptors (Lipinski definition) is 14. The fourth-order valence-corrected chi connectivity index (χ4v) is 8.82. The van der Waals surface area contributed by atoms with Crippen LogP contribution in [-0.4, -0.2) is 122 Å². The molecule has 3 heterocycles. The third-order valence-electron chi connectivity index (χ3n) is 12.0. The van der Waals surface area contributed by atoms with Crippen LogP contribution in [0.25, 0.3) is 0 Å². The van der Waals surface area contributed by atoms with Crippen LogP contribution in [0.4, 0.5) is 4.79 Å². The van der Waals surface area contributed by atoms with Crippen LogP contribution in [0, 0.1) is 23.7 Å². The lowest BCUT2D eigenvalue weighted by Gasteiger charge is -2.48. The number of aliphatic hydroxyl groups is 1. The van der Waals surface area contributed by atoms with E-state index in [1.807, 2.05) is 25.9 Å². The van der Waals surface area contributed by atoms with Gasteiger partial charge in [-0.3, -0.25) is 9.59 Å². The summed E-state index contributed by atoms with van der Waals surface area (Å²) >= 11 is 6.17. The number of aliphatic hydroxyl groups excluding tert-OH is 1. The van der Waals surface area contributed by atoms with Gasteiger partial charge in [-0.15, -0.1) is 6.58 Å². The Kier molecular flexibility index (Phi) is 15.8. The molecule has 0 radical (unpaired) electrons. The van der Waals surface area contributed by atoms with E-state index >= 15 is 0 Å². The first kappa shape index (κ1) is 46.6. The van der Waals surface area contributed by atoms with Gasteiger partial charge in [-0.2, -0.15) is 0 Å². The van der Waals surface area contributed by atoms with Gasteiger partial charge in [0.05, 0.1) is 36.3 Å². The molecule has 3 fully saturated rings. The predicted molar refractivity (Wildman–Crippen MR) is 209 cm³/mol. The summed E-state index contributed by atoms with van der Waals surface area (Å²) in [5, 5.41) is 12.1. The third-order valence-corrected chi connectivity index (χ3v) is 12.2. The zero-order chi connectivity index (χ0) is 42.6. The van der Waals surface area contributed by atoms with Crippen LogP contribution < -0.4 is 0 Å². The molecule has 4 rings (SSSR count). The number of esters is 2. The molecular weight excluding hydrogens is 762 g/mol. The summed E-state index contributed by atoms with van der Waals surface area (Å²) in [6, 6.07) is 6.18. The monoisotopic (exact) mass is 823 g/mol. The van der Waals surface area contributed by atoms with E-state index in [0.29, 0.717) is 17.0 Å². The van der Waals surface area contributed by atoms with E-state index in [0.717, 1.165) is 0 Å². The number of rotatable bonds is 11. The molecule has 3 saturated heterocycles. The molecule has 0 spiro atoms. The van der Waals surface area contributed by atoms with Crippen molar-refractivity contribution >= 4 is 35.5 Å². The van der Waals surface area contributed by atoms with Gasteiger partial charge in [0, 0.05) is 30.0 Å². The molecule has 15 heteroatoms. The number of methoxy groups -OCH3 is 1. The quantitative estimate of drug-likeness (QED) is 0.161. The standard InChI is InChI=1S/C42H62ClNO13/c1-13-19-51-34(27-15-17-28(43)18-16-27)38(48)54-33-25(6)35(55-39-32(46)29(44(10)11)20-23(4)52-39)41(8,50-12)21-22(3)31(45)24(5)36-42(9,57-40(49)56-36)30(14-2)53-37(47)26(33)7/h13,15-18,22-26,29-30,32-36,39,46H,1,14,19-21H2,2-12H3/t22-,23-,24+,25+,26-,29+,30-,32-,33-,34?,35-,36-,39+,41+,42-/m1/s1. The minimum absolute atomic E-state index is 0.00111. The highest BCUT2D eigenvalue weighted by Gasteiger charge is 2.59. The summed E-state index contributed by atoms with van der Waals surface area (Å²) in [4.78, 5) is 57.8. The number of ketones is 1. The lowest BCUT2D eigenvalue weighted by Crippen LogP contribution is -2.60. The maximum atomic E-state index is 14.4. The maximum absolute atomic E-state index is 14.4. The van der Waals surface area contributed by atoms with Crippen molar-refractivity contribution in [1.29, 1.82) is 0 Å². The van der Waals surface area contributed by atoms with Crippen LogP contribution >= 0.6 is 11.6 Å². The fraction of sp³-hybridized carbons (Fsp3) is 0.714. The van der Waals surface area contributed by atoms with Crippen molar-refractivity contribution in [2.75, 3.05) is 27.8 Å². The first-order chi connectivity index (χ1) is 26.7. The Hall–Kier alpha value is -3.11. The maximum Gasteiger partial charge on any atom is 0.509 e. The van der Waals surface area contributed by atoms with E-state index in [9.17, 15) is 24.3 Å². The summed E-state index contributed by atoms with van der Waals surface area (Å²) in [5.74, 6) is -5.49. The number of nitrogens with zero attached hydrogens (tertiary/aromatic N) is 1. The first-order valence-corrected chi connectivity index (χ1v) is 20.1. The second-order valence-corrected chi connectivity index (χ2v) is 16.9. The minimum atomic E-state index is -1.53. The van der Waals surface area contributed by atoms with Gasteiger partial charge >= 0.3 is 18.1 Å². The molecular formula is C42H62ClNO13. The van der Waals surface area contributed by atoms with Crippen molar-refractivity contribution in [3.63, 3.8) is 0 Å². The Labute approximate surface area is 341 Å². The minimum Gasteiger partial charge on any atom is -0.459 e. The Morgan fingerprint density at radius 3 is 2.30 bits per heavy atom. The third kappa shape index (κ3) is 10.2. The normalized spacial score (nSPS) is 38.6. The molecule has 15 atom stereocenters. The molecule has 1 aromatic rings. The molecule has 320 valence electrons. The molecule has 1 N–H and O–H groups in total. The number of benzene rings is 1. The van der Waals surface area contributed by atoms with Gasteiger partial charge in [-0.05, 0) is 78.7 Å². The molecule has 0 aromatic heterocycles. The van der Waals surface area contributed by atoms with Crippen molar-refractivity contribution < 1.29 is 62.2 Å². The average molecular weight is 824 g/mol. The second kappa shape index (κ2) is 19.3. The highest BCUT2D eigenvalue weighted by atomic mass is 35.5. The van der Waals surface area contributed by atoms with Crippen LogP contribution in [0.15, 0.2) is 36.9 Å². The van der Waals surface area contributed by atoms with Gasteiger partial charge in [0.25, 0.3) is 0 Å². The van der Waals surface area contributed by atoms with Gasteiger partial charge in [0.15, 0.2) is 24.1 Å². The lowest BCUT2D eigenvalue weighted by atomic mass is 9.74. The van der Waals surface area contributed by atoms with Crippen LogP contribution in [0.1, 0.15) is 86.3 Å². The molecule has 1 aromatic carbocycles. The van der Waals surface area contributed by atoms with Crippen molar-refractivity contribution in [2.24, 2.45) is 23.7 Å². The summed E-state index contributed by atoms with van der Waals surface area (Å²) < 4.78 is 49.1. The number of cyclic esters (lactones) is 1. The highest BCUT2D eigenvalue weighted by molar-refractivity contribution is 6.30. The first-order valence-electron chi connectivity index (χ1n) is 19.8. The summed E-state index contributed by atoms with van der Waals surface area (Å²) in [7, 11) is 5.19. The number of halogens is 1. The van der Waals surface area contributed by atoms with Crippen LogP contribution in [-0.2, 0) is 52.3 Å². The van der Waals surface area contributed by atoms with Crippen molar-refractivity contribution in [1.82, 2.24) is 4.90 Å². The Balaban J connectivity index is 1.89. The van der Waals surface area contributed by atoms with Gasteiger partial charge in [0.1, 0.15) is 24.1 Å². The lowest BCUT2D eigenvalue weighted by molar-refractivity contribution is -0.302. The molecule has 0 amide bonds. The topological polar surface area (TPSA) is 166 Å². The molecule has 3 aliphatic rings. The summed E-state index contributed by atoms with van der Waals surface area (Å²) in [6.45, 7) is 17.4. The molecule has 0 saturated carbocycles. The number of Topliss-reactive ketones (excluding diaryl/α,β-unsaturated/α-hetero) is 1. The van der Waals surface area contributed by atoms with E-state index in [1.165, 1.54) is 13.2 Å². The summed E-state index contributed by atoms with van der Waals surface area (Å²) in [6.07, 6.45) is -7.05. The molecule has 0 aliphatic carbocycles. The van der Waals surface area contributed by atoms with Crippen LogP contribution in [0.3, 0.4) is 0 Å². The molecule has 14 nitrogen and oxygen atoms in total. The van der Waals surface area contributed by atoms with E-state index < -0.39 is 95.9 Å². The number of carbonyl (C=O) groups excluding carboxylic acids is 4. The largest absolute Gasteiger partial charge is 0.509 e. The molecule has 0 bridgehead atoms. The number of ether oxygens (including phenoxy) is 8. The van der Waals surface area contributed by atoms with Gasteiger partial charge in [-0.25, -0.2) is 9.59 Å². The molecule has 1 unspecified atom stereocenters.